The zero-order valence-electron chi connectivity index (χ0n) is 19.8. The number of pyridine rings is 1. The number of hydrogen-bond donors (Lipinski definition) is 3. The molecule has 4 heterocycles. The van der Waals surface area contributed by atoms with Crippen LogP contribution in [0.5, 0.6) is 5.75 Å². The van der Waals surface area contributed by atoms with E-state index in [-0.39, 0.29) is 18.0 Å². The lowest BCUT2D eigenvalue weighted by Gasteiger charge is -2.51. The molecule has 180 valence electrons. The largest absolute Gasteiger partial charge is 0.497 e. The maximum atomic E-state index is 13.4. The number of piperidine rings is 3. The molecule has 35 heavy (non-hydrogen) atoms. The molecule has 3 saturated heterocycles. The van der Waals surface area contributed by atoms with Crippen LogP contribution in [0.25, 0.3) is 10.9 Å². The smallest absolute Gasteiger partial charge is 0.488 e. The van der Waals surface area contributed by atoms with E-state index < -0.39 is 7.12 Å². The van der Waals surface area contributed by atoms with Gasteiger partial charge < -0.3 is 20.1 Å². The van der Waals surface area contributed by atoms with Crippen molar-refractivity contribution in [2.75, 3.05) is 20.2 Å². The van der Waals surface area contributed by atoms with Gasteiger partial charge in [-0.25, -0.2) is 0 Å². The SMILES string of the molecule is C=C[C@H]1CN2CC[C@H]1C[C@@H]2[C@@H](NC(=O)c1ccc(B(O)O)cc1)c1ccnc2ccc(OC)cc12. The summed E-state index contributed by atoms with van der Waals surface area (Å²) in [6.45, 7) is 5.99. The molecule has 6 rings (SSSR count). The van der Waals surface area contributed by atoms with E-state index in [0.717, 1.165) is 48.1 Å². The minimum absolute atomic E-state index is 0.143. The molecule has 3 N–H and O–H groups in total. The molecule has 3 fully saturated rings. The second kappa shape index (κ2) is 9.81. The summed E-state index contributed by atoms with van der Waals surface area (Å²) in [5.74, 6) is 1.56. The van der Waals surface area contributed by atoms with E-state index in [1.165, 1.54) is 0 Å². The molecule has 3 aliphatic rings. The number of ether oxygens (including phenoxy) is 1. The summed E-state index contributed by atoms with van der Waals surface area (Å²) in [5, 5.41) is 23.1. The van der Waals surface area contributed by atoms with E-state index in [4.69, 9.17) is 4.74 Å². The van der Waals surface area contributed by atoms with Crippen LogP contribution in [0.3, 0.4) is 0 Å². The topological polar surface area (TPSA) is 94.9 Å². The van der Waals surface area contributed by atoms with Crippen LogP contribution in [0.4, 0.5) is 0 Å². The fourth-order valence-electron chi connectivity index (χ4n) is 5.68. The van der Waals surface area contributed by atoms with Crippen molar-refractivity contribution in [1.29, 1.82) is 0 Å². The van der Waals surface area contributed by atoms with Gasteiger partial charge in [-0.3, -0.25) is 14.7 Å². The number of rotatable bonds is 7. The molecule has 0 spiro atoms. The van der Waals surface area contributed by atoms with Crippen LogP contribution in [-0.4, -0.2) is 59.2 Å². The zero-order valence-corrected chi connectivity index (χ0v) is 19.8. The van der Waals surface area contributed by atoms with E-state index in [9.17, 15) is 14.8 Å². The van der Waals surface area contributed by atoms with Crippen molar-refractivity contribution >= 4 is 29.4 Å². The number of aromatic nitrogens is 1. The van der Waals surface area contributed by atoms with Gasteiger partial charge >= 0.3 is 7.12 Å². The number of fused-ring (bicyclic) bond motifs is 4. The Morgan fingerprint density at radius 1 is 1.26 bits per heavy atom. The highest BCUT2D eigenvalue weighted by Crippen LogP contribution is 2.42. The Bertz CT molecular complexity index is 1230. The lowest BCUT2D eigenvalue weighted by molar-refractivity contribution is 0.00171. The average molecular weight is 471 g/mol. The molecule has 8 heteroatoms. The predicted octanol–water partition coefficient (Wildman–Crippen LogP) is 2.29. The lowest BCUT2D eigenvalue weighted by Crippen LogP contribution is -2.57. The summed E-state index contributed by atoms with van der Waals surface area (Å²) in [6.07, 6.45) is 5.99. The Kier molecular flexibility index (Phi) is 6.60. The molecule has 0 radical (unpaired) electrons. The van der Waals surface area contributed by atoms with Crippen LogP contribution >= 0.6 is 0 Å². The fourth-order valence-corrected chi connectivity index (χ4v) is 5.68. The number of methoxy groups -OCH3 is 1. The second-order valence-electron chi connectivity index (χ2n) is 9.48. The minimum atomic E-state index is -1.57. The molecule has 3 aromatic rings. The number of carbonyl (C=O) groups excluding carboxylic acids is 1. The van der Waals surface area contributed by atoms with Crippen molar-refractivity contribution in [3.05, 3.63) is 78.5 Å². The first-order valence-corrected chi connectivity index (χ1v) is 12.0. The number of nitrogens with zero attached hydrogens (tertiary/aromatic N) is 2. The van der Waals surface area contributed by atoms with E-state index in [2.05, 4.69) is 27.9 Å². The first-order chi connectivity index (χ1) is 17.0. The summed E-state index contributed by atoms with van der Waals surface area (Å²) < 4.78 is 5.48. The highest BCUT2D eigenvalue weighted by atomic mass is 16.5. The van der Waals surface area contributed by atoms with Crippen LogP contribution in [0.15, 0.2) is 67.4 Å². The Morgan fingerprint density at radius 3 is 2.71 bits per heavy atom. The molecule has 3 aliphatic heterocycles. The quantitative estimate of drug-likeness (QED) is 0.362. The fraction of sp³-hybridized carbons (Fsp3) is 0.333. The van der Waals surface area contributed by atoms with Gasteiger partial charge in [0.25, 0.3) is 5.91 Å². The Labute approximate surface area is 205 Å². The van der Waals surface area contributed by atoms with Crippen molar-refractivity contribution < 1.29 is 19.6 Å². The summed E-state index contributed by atoms with van der Waals surface area (Å²) in [7, 11) is 0.0754. The number of amides is 1. The van der Waals surface area contributed by atoms with Gasteiger partial charge in [0.1, 0.15) is 5.75 Å². The van der Waals surface area contributed by atoms with Crippen LogP contribution in [-0.2, 0) is 0 Å². The molecular formula is C27H30BN3O4. The molecule has 0 saturated carbocycles. The number of hydrogen-bond acceptors (Lipinski definition) is 6. The van der Waals surface area contributed by atoms with Crippen molar-refractivity contribution in [3.63, 3.8) is 0 Å². The summed E-state index contributed by atoms with van der Waals surface area (Å²) >= 11 is 0. The van der Waals surface area contributed by atoms with Crippen LogP contribution in [0.1, 0.15) is 34.8 Å². The van der Waals surface area contributed by atoms with Crippen LogP contribution < -0.4 is 15.5 Å². The minimum Gasteiger partial charge on any atom is -0.497 e. The molecule has 5 atom stereocenters. The molecular weight excluding hydrogens is 441 g/mol. The van der Waals surface area contributed by atoms with Gasteiger partial charge in [0.05, 0.1) is 18.7 Å². The van der Waals surface area contributed by atoms with E-state index >= 15 is 0 Å². The molecule has 0 aliphatic carbocycles. The van der Waals surface area contributed by atoms with Crippen molar-refractivity contribution in [1.82, 2.24) is 15.2 Å². The summed E-state index contributed by atoms with van der Waals surface area (Å²) in [4.78, 5) is 20.4. The monoisotopic (exact) mass is 471 g/mol. The standard InChI is InChI=1S/C27H30BN3O4/c1-3-17-16-31-13-11-19(17)14-25(31)26(30-27(32)18-4-6-20(7-5-18)28(33)34)22-10-12-29-24-9-8-21(35-2)15-23(22)24/h3-10,12,15,17,19,25-26,33-34H,1,11,13-14,16H2,2H3,(H,30,32)/t17-,19-,25+,26-/m0/s1. The third kappa shape index (κ3) is 4.57. The summed E-state index contributed by atoms with van der Waals surface area (Å²) in [6, 6.07) is 14.1. The van der Waals surface area contributed by atoms with Gasteiger partial charge in [0, 0.05) is 29.7 Å². The maximum Gasteiger partial charge on any atom is 0.488 e. The first kappa shape index (κ1) is 23.5. The van der Waals surface area contributed by atoms with Gasteiger partial charge in [0.2, 0.25) is 0 Å². The van der Waals surface area contributed by atoms with Crippen LogP contribution in [0, 0.1) is 11.8 Å². The zero-order chi connectivity index (χ0) is 24.5. The number of benzene rings is 2. The molecule has 2 aromatic carbocycles. The van der Waals surface area contributed by atoms with Gasteiger partial charge in [-0.1, -0.05) is 18.2 Å². The first-order valence-electron chi connectivity index (χ1n) is 12.0. The Balaban J connectivity index is 1.53. The lowest BCUT2D eigenvalue weighted by atomic mass is 9.73. The molecule has 1 unspecified atom stereocenters. The molecule has 1 amide bonds. The van der Waals surface area contributed by atoms with Gasteiger partial charge in [0.15, 0.2) is 0 Å². The van der Waals surface area contributed by atoms with Crippen LogP contribution in [0.2, 0.25) is 0 Å². The summed E-state index contributed by atoms with van der Waals surface area (Å²) in [5.41, 5.74) is 2.67. The molecule has 1 aromatic heterocycles. The van der Waals surface area contributed by atoms with Gasteiger partial charge in [-0.15, -0.1) is 6.58 Å². The molecule has 2 bridgehead atoms. The third-order valence-corrected chi connectivity index (χ3v) is 7.61. The Morgan fingerprint density at radius 2 is 2.06 bits per heavy atom. The normalized spacial score (nSPS) is 24.1. The maximum absolute atomic E-state index is 13.4. The van der Waals surface area contributed by atoms with E-state index in [1.807, 2.05) is 24.3 Å². The van der Waals surface area contributed by atoms with Crippen molar-refractivity contribution in [3.8, 4) is 5.75 Å². The van der Waals surface area contributed by atoms with E-state index in [1.54, 1.807) is 37.6 Å². The van der Waals surface area contributed by atoms with Gasteiger partial charge in [-0.05, 0) is 78.6 Å². The predicted molar refractivity (Wildman–Crippen MR) is 137 cm³/mol. The highest BCUT2D eigenvalue weighted by molar-refractivity contribution is 6.58. The third-order valence-electron chi connectivity index (χ3n) is 7.61. The second-order valence-corrected chi connectivity index (χ2v) is 9.48. The average Bonchev–Trinajstić information content (AvgIpc) is 2.91. The van der Waals surface area contributed by atoms with E-state index in [0.29, 0.717) is 22.9 Å². The Hall–Kier alpha value is -3.20. The highest BCUT2D eigenvalue weighted by Gasteiger charge is 2.43. The van der Waals surface area contributed by atoms with Crippen molar-refractivity contribution in [2.45, 2.75) is 24.9 Å². The molecule has 7 nitrogen and oxygen atoms in total. The van der Waals surface area contributed by atoms with Crippen molar-refractivity contribution in [2.24, 2.45) is 11.8 Å². The number of nitrogens with one attached hydrogen (secondary N) is 1. The number of carbonyl (C=O) groups is 1. The van der Waals surface area contributed by atoms with Gasteiger partial charge in [-0.2, -0.15) is 0 Å².